The topological polar surface area (TPSA) is 36.4 Å². The highest BCUT2D eigenvalue weighted by atomic mass is 35.5. The van der Waals surface area contributed by atoms with Crippen LogP contribution in [0.5, 0.6) is 0 Å². The molecule has 2 aromatic carbocycles. The van der Waals surface area contributed by atoms with E-state index in [0.717, 1.165) is 35.2 Å². The molecule has 0 saturated carbocycles. The smallest absolute Gasteiger partial charge is 0.192 e. The number of aliphatic imine (C=N–C) groups is 1. The van der Waals surface area contributed by atoms with Crippen LogP contribution in [0.4, 0.5) is 0 Å². The SMILES string of the molecule is Clc1ccccc1C(NC1=NCCN1)c1ccccc1. The summed E-state index contributed by atoms with van der Waals surface area (Å²) in [7, 11) is 0. The van der Waals surface area contributed by atoms with Gasteiger partial charge in [0.1, 0.15) is 0 Å². The van der Waals surface area contributed by atoms with Gasteiger partial charge in [0.2, 0.25) is 0 Å². The monoisotopic (exact) mass is 285 g/mol. The van der Waals surface area contributed by atoms with E-state index in [1.165, 1.54) is 0 Å². The van der Waals surface area contributed by atoms with Crippen LogP contribution in [0.15, 0.2) is 59.6 Å². The Morgan fingerprint density at radius 1 is 1.05 bits per heavy atom. The second kappa shape index (κ2) is 5.97. The Bertz CT molecular complexity index is 610. The minimum Gasteiger partial charge on any atom is -0.355 e. The Balaban J connectivity index is 1.97. The third-order valence-electron chi connectivity index (χ3n) is 3.30. The van der Waals surface area contributed by atoms with Crippen molar-refractivity contribution in [2.24, 2.45) is 4.99 Å². The van der Waals surface area contributed by atoms with Crippen LogP contribution < -0.4 is 10.6 Å². The first kappa shape index (κ1) is 13.0. The number of nitrogens with one attached hydrogen (secondary N) is 2. The first-order chi connectivity index (χ1) is 9.84. The average Bonchev–Trinajstić information content (AvgIpc) is 3.00. The molecule has 3 rings (SSSR count). The Labute approximate surface area is 123 Å². The lowest BCUT2D eigenvalue weighted by molar-refractivity contribution is 0.744. The highest BCUT2D eigenvalue weighted by Crippen LogP contribution is 2.28. The molecule has 1 unspecified atom stereocenters. The molecule has 0 radical (unpaired) electrons. The average molecular weight is 286 g/mol. The number of nitrogens with zero attached hydrogens (tertiary/aromatic N) is 1. The van der Waals surface area contributed by atoms with E-state index < -0.39 is 0 Å². The minimum absolute atomic E-state index is 0.00532. The summed E-state index contributed by atoms with van der Waals surface area (Å²) in [5, 5.41) is 7.44. The summed E-state index contributed by atoms with van der Waals surface area (Å²) in [5.41, 5.74) is 2.22. The second-order valence-corrected chi connectivity index (χ2v) is 5.07. The van der Waals surface area contributed by atoms with Crippen LogP contribution in [-0.2, 0) is 0 Å². The van der Waals surface area contributed by atoms with Crippen molar-refractivity contribution in [2.45, 2.75) is 6.04 Å². The van der Waals surface area contributed by atoms with Crippen molar-refractivity contribution in [3.05, 3.63) is 70.7 Å². The molecule has 0 amide bonds. The summed E-state index contributed by atoms with van der Waals surface area (Å²) < 4.78 is 0. The van der Waals surface area contributed by atoms with Gasteiger partial charge in [-0.05, 0) is 17.2 Å². The van der Waals surface area contributed by atoms with Crippen molar-refractivity contribution in [1.82, 2.24) is 10.6 Å². The molecule has 0 aromatic heterocycles. The molecule has 1 aliphatic heterocycles. The number of hydrogen-bond donors (Lipinski definition) is 2. The molecule has 2 aromatic rings. The predicted octanol–water partition coefficient (Wildman–Crippen LogP) is 2.98. The largest absolute Gasteiger partial charge is 0.355 e. The van der Waals surface area contributed by atoms with Crippen molar-refractivity contribution in [3.63, 3.8) is 0 Å². The summed E-state index contributed by atoms with van der Waals surface area (Å²) in [6.45, 7) is 1.69. The van der Waals surface area contributed by atoms with Crippen LogP contribution in [0.1, 0.15) is 17.2 Å². The fourth-order valence-electron chi connectivity index (χ4n) is 2.33. The fraction of sp³-hybridized carbons (Fsp3) is 0.188. The van der Waals surface area contributed by atoms with Crippen molar-refractivity contribution in [1.29, 1.82) is 0 Å². The van der Waals surface area contributed by atoms with Crippen molar-refractivity contribution in [3.8, 4) is 0 Å². The lowest BCUT2D eigenvalue weighted by atomic mass is 9.99. The van der Waals surface area contributed by atoms with Gasteiger partial charge in [0.25, 0.3) is 0 Å². The van der Waals surface area contributed by atoms with Gasteiger partial charge in [0, 0.05) is 11.6 Å². The zero-order chi connectivity index (χ0) is 13.8. The van der Waals surface area contributed by atoms with Gasteiger partial charge in [-0.25, -0.2) is 0 Å². The Morgan fingerprint density at radius 3 is 2.50 bits per heavy atom. The maximum absolute atomic E-state index is 6.35. The van der Waals surface area contributed by atoms with Gasteiger partial charge < -0.3 is 10.6 Å². The van der Waals surface area contributed by atoms with Crippen LogP contribution in [0.3, 0.4) is 0 Å². The van der Waals surface area contributed by atoms with Gasteiger partial charge in [-0.15, -0.1) is 0 Å². The van der Waals surface area contributed by atoms with E-state index in [4.69, 9.17) is 11.6 Å². The van der Waals surface area contributed by atoms with Gasteiger partial charge in [-0.1, -0.05) is 60.1 Å². The molecule has 102 valence electrons. The van der Waals surface area contributed by atoms with E-state index in [0.29, 0.717) is 0 Å². The molecule has 3 nitrogen and oxygen atoms in total. The first-order valence-corrected chi connectivity index (χ1v) is 7.06. The Kier molecular flexibility index (Phi) is 3.88. The molecule has 2 N–H and O–H groups in total. The zero-order valence-electron chi connectivity index (χ0n) is 11.0. The fourth-order valence-corrected chi connectivity index (χ4v) is 2.57. The molecule has 0 saturated heterocycles. The normalized spacial score (nSPS) is 15.3. The van der Waals surface area contributed by atoms with Crippen molar-refractivity contribution < 1.29 is 0 Å². The van der Waals surface area contributed by atoms with Gasteiger partial charge in [0.15, 0.2) is 5.96 Å². The quantitative estimate of drug-likeness (QED) is 0.910. The number of halogens is 1. The van der Waals surface area contributed by atoms with Crippen molar-refractivity contribution in [2.75, 3.05) is 13.1 Å². The zero-order valence-corrected chi connectivity index (χ0v) is 11.8. The predicted molar refractivity (Wildman–Crippen MR) is 83.2 cm³/mol. The lowest BCUT2D eigenvalue weighted by Crippen LogP contribution is -2.37. The summed E-state index contributed by atoms with van der Waals surface area (Å²) in [6.07, 6.45) is 0. The summed E-state index contributed by atoms with van der Waals surface area (Å²) >= 11 is 6.35. The molecule has 0 fully saturated rings. The molecule has 1 heterocycles. The second-order valence-electron chi connectivity index (χ2n) is 4.67. The molecular weight excluding hydrogens is 270 g/mol. The maximum Gasteiger partial charge on any atom is 0.192 e. The third kappa shape index (κ3) is 2.78. The van der Waals surface area contributed by atoms with E-state index in [9.17, 15) is 0 Å². The number of benzene rings is 2. The number of hydrogen-bond acceptors (Lipinski definition) is 3. The molecule has 0 bridgehead atoms. The first-order valence-electron chi connectivity index (χ1n) is 6.69. The summed E-state index contributed by atoms with van der Waals surface area (Å²) in [5.74, 6) is 0.832. The van der Waals surface area contributed by atoms with E-state index in [1.807, 2.05) is 42.5 Å². The standard InChI is InChI=1S/C16H16ClN3/c17-14-9-5-4-8-13(14)15(12-6-2-1-3-7-12)20-16-18-10-11-19-16/h1-9,15H,10-11H2,(H2,18,19,20). The van der Waals surface area contributed by atoms with Crippen LogP contribution >= 0.6 is 11.6 Å². The van der Waals surface area contributed by atoms with E-state index in [1.54, 1.807) is 0 Å². The Morgan fingerprint density at radius 2 is 1.80 bits per heavy atom. The van der Waals surface area contributed by atoms with Crippen LogP contribution in [-0.4, -0.2) is 19.0 Å². The van der Waals surface area contributed by atoms with Gasteiger partial charge in [0.05, 0.1) is 12.6 Å². The molecule has 0 aliphatic carbocycles. The highest BCUT2D eigenvalue weighted by Gasteiger charge is 2.19. The molecule has 1 atom stereocenters. The van der Waals surface area contributed by atoms with Gasteiger partial charge in [-0.2, -0.15) is 0 Å². The van der Waals surface area contributed by atoms with E-state index >= 15 is 0 Å². The van der Waals surface area contributed by atoms with E-state index in [2.05, 4.69) is 27.8 Å². The summed E-state index contributed by atoms with van der Waals surface area (Å²) in [4.78, 5) is 4.41. The van der Waals surface area contributed by atoms with Gasteiger partial charge >= 0.3 is 0 Å². The molecule has 1 aliphatic rings. The van der Waals surface area contributed by atoms with Crippen LogP contribution in [0.2, 0.25) is 5.02 Å². The number of rotatable bonds is 3. The summed E-state index contributed by atoms with van der Waals surface area (Å²) in [6, 6.07) is 18.2. The molecular formula is C16H16ClN3. The molecule has 4 heteroatoms. The van der Waals surface area contributed by atoms with Gasteiger partial charge in [-0.3, -0.25) is 4.99 Å². The van der Waals surface area contributed by atoms with Crippen LogP contribution in [0.25, 0.3) is 0 Å². The third-order valence-corrected chi connectivity index (χ3v) is 3.65. The van der Waals surface area contributed by atoms with Crippen LogP contribution in [0, 0.1) is 0 Å². The lowest BCUT2D eigenvalue weighted by Gasteiger charge is -2.21. The Hall–Kier alpha value is -2.00. The minimum atomic E-state index is -0.00532. The maximum atomic E-state index is 6.35. The molecule has 20 heavy (non-hydrogen) atoms. The number of guanidine groups is 1. The highest BCUT2D eigenvalue weighted by molar-refractivity contribution is 6.31. The molecule has 0 spiro atoms. The van der Waals surface area contributed by atoms with Crippen molar-refractivity contribution >= 4 is 17.6 Å². The van der Waals surface area contributed by atoms with E-state index in [-0.39, 0.29) is 6.04 Å².